The molecule has 2 heteroatoms. The Bertz CT molecular complexity index is 61.5. The van der Waals surface area contributed by atoms with Crippen LogP contribution >= 0.6 is 12.8 Å². The van der Waals surface area contributed by atoms with E-state index in [4.69, 9.17) is 0 Å². The van der Waals surface area contributed by atoms with Crippen LogP contribution in [0.4, 0.5) is 0 Å². The van der Waals surface area contributed by atoms with Gasteiger partial charge in [0.1, 0.15) is 0 Å². The minimum Gasteiger partial charge on any atom is -0.253 e. The van der Waals surface area contributed by atoms with E-state index in [9.17, 15) is 0 Å². The van der Waals surface area contributed by atoms with Gasteiger partial charge in [-0.3, -0.25) is 4.72 Å². The van der Waals surface area contributed by atoms with E-state index in [-0.39, 0.29) is 0 Å². The summed E-state index contributed by atoms with van der Waals surface area (Å²) >= 11 is 4.62. The van der Waals surface area contributed by atoms with E-state index in [1.165, 1.54) is 6.42 Å². The van der Waals surface area contributed by atoms with E-state index >= 15 is 0 Å². The summed E-state index contributed by atoms with van der Waals surface area (Å²) < 4.78 is 2.74. The molecule has 0 saturated heterocycles. The highest BCUT2D eigenvalue weighted by molar-refractivity contribution is 7.78. The van der Waals surface area contributed by atoms with Crippen LogP contribution in [0.3, 0.4) is 0 Å². The third-order valence-electron chi connectivity index (χ3n) is 1.51. The number of hydrogen-bond acceptors (Lipinski definition) is 1. The molecule has 0 aromatic carbocycles. The van der Waals surface area contributed by atoms with E-state index in [2.05, 4.69) is 38.3 Å². The maximum absolute atomic E-state index is 4.62. The molecule has 0 heterocycles. The Labute approximate surface area is 57.4 Å². The Morgan fingerprint density at radius 3 is 2.12 bits per heavy atom. The molecule has 0 aliphatic heterocycles. The molecule has 0 aromatic heterocycles. The third-order valence-corrected chi connectivity index (χ3v) is 1.65. The third kappa shape index (κ3) is 3.33. The van der Waals surface area contributed by atoms with E-state index in [0.717, 1.165) is 6.54 Å². The zero-order valence-corrected chi connectivity index (χ0v) is 6.64. The molecule has 0 aromatic rings. The predicted molar refractivity (Wildman–Crippen MR) is 39.7 cm³/mol. The standard InChI is InChI=1S/C6H14NS/c1-4-6(2,3)5-7-8/h7H,4-5H2,1-3H3. The predicted octanol–water partition coefficient (Wildman–Crippen LogP) is 2.12. The highest BCUT2D eigenvalue weighted by atomic mass is 32.1. The lowest BCUT2D eigenvalue weighted by molar-refractivity contribution is 0.355. The molecule has 8 heavy (non-hydrogen) atoms. The van der Waals surface area contributed by atoms with Gasteiger partial charge in [-0.15, -0.1) is 0 Å². The van der Waals surface area contributed by atoms with Crippen LogP contribution in [0.25, 0.3) is 0 Å². The fraction of sp³-hybridized carbons (Fsp3) is 1.00. The second-order valence-corrected chi connectivity index (χ2v) is 3.13. The molecule has 0 amide bonds. The SMILES string of the molecule is CCC(C)(C)CN[S]. The van der Waals surface area contributed by atoms with Gasteiger partial charge in [0.25, 0.3) is 0 Å². The molecular formula is C6H14NS. The van der Waals surface area contributed by atoms with E-state index in [1.807, 2.05) is 0 Å². The van der Waals surface area contributed by atoms with Crippen LogP contribution in [0.2, 0.25) is 0 Å². The average molecular weight is 132 g/mol. The lowest BCUT2D eigenvalue weighted by atomic mass is 9.91. The molecule has 0 atom stereocenters. The maximum Gasteiger partial charge on any atom is 0.0118 e. The maximum atomic E-state index is 4.62. The minimum atomic E-state index is 0.377. The van der Waals surface area contributed by atoms with Gasteiger partial charge < -0.3 is 0 Å². The highest BCUT2D eigenvalue weighted by Crippen LogP contribution is 2.17. The van der Waals surface area contributed by atoms with Crippen LogP contribution in [-0.2, 0) is 0 Å². The monoisotopic (exact) mass is 132 g/mol. The van der Waals surface area contributed by atoms with Crippen molar-refractivity contribution in [2.24, 2.45) is 5.41 Å². The zero-order chi connectivity index (χ0) is 6.62. The Hall–Kier alpha value is 0.310. The quantitative estimate of drug-likeness (QED) is 0.620. The molecule has 49 valence electrons. The summed E-state index contributed by atoms with van der Waals surface area (Å²) in [4.78, 5) is 0. The zero-order valence-electron chi connectivity index (χ0n) is 5.82. The largest absolute Gasteiger partial charge is 0.253 e. The first kappa shape index (κ1) is 8.31. The summed E-state index contributed by atoms with van der Waals surface area (Å²) in [5.41, 5.74) is 0.377. The fourth-order valence-corrected chi connectivity index (χ4v) is 0.711. The molecule has 1 radical (unpaired) electrons. The molecule has 0 bridgehead atoms. The number of hydrogen-bond donors (Lipinski definition) is 1. The van der Waals surface area contributed by atoms with E-state index in [0.29, 0.717) is 5.41 Å². The van der Waals surface area contributed by atoms with Crippen molar-refractivity contribution in [1.82, 2.24) is 4.72 Å². The van der Waals surface area contributed by atoms with Gasteiger partial charge >= 0.3 is 0 Å². The van der Waals surface area contributed by atoms with E-state index in [1.54, 1.807) is 0 Å². The molecule has 0 rings (SSSR count). The first-order valence-corrected chi connectivity index (χ1v) is 3.38. The van der Waals surface area contributed by atoms with Crippen LogP contribution in [0.1, 0.15) is 27.2 Å². The van der Waals surface area contributed by atoms with Gasteiger partial charge in [0, 0.05) is 19.4 Å². The highest BCUT2D eigenvalue weighted by Gasteiger charge is 2.12. The normalized spacial score (nSPS) is 12.0. The van der Waals surface area contributed by atoms with Crippen molar-refractivity contribution in [2.45, 2.75) is 27.2 Å². The molecule has 0 fully saturated rings. The van der Waals surface area contributed by atoms with Crippen molar-refractivity contribution in [2.75, 3.05) is 6.54 Å². The second-order valence-electron chi connectivity index (χ2n) is 2.84. The molecule has 0 saturated carbocycles. The Morgan fingerprint density at radius 1 is 1.50 bits per heavy atom. The first-order chi connectivity index (χ1) is 3.62. The van der Waals surface area contributed by atoms with Crippen LogP contribution in [0.15, 0.2) is 0 Å². The molecule has 1 nitrogen and oxygen atoms in total. The van der Waals surface area contributed by atoms with Crippen molar-refractivity contribution >= 4 is 12.8 Å². The van der Waals surface area contributed by atoms with Gasteiger partial charge in [-0.25, -0.2) is 0 Å². The molecule has 0 unspecified atom stereocenters. The molecule has 0 aliphatic carbocycles. The number of rotatable bonds is 3. The first-order valence-electron chi connectivity index (χ1n) is 2.97. The Kier molecular flexibility index (Phi) is 3.49. The second kappa shape index (κ2) is 3.36. The van der Waals surface area contributed by atoms with Crippen molar-refractivity contribution < 1.29 is 0 Å². The molecule has 0 aliphatic rings. The van der Waals surface area contributed by atoms with Gasteiger partial charge in [-0.2, -0.15) is 0 Å². The Morgan fingerprint density at radius 2 is 2.00 bits per heavy atom. The summed E-state index contributed by atoms with van der Waals surface area (Å²) in [7, 11) is 0. The molecule has 0 spiro atoms. The van der Waals surface area contributed by atoms with Gasteiger partial charge in [0.2, 0.25) is 0 Å². The van der Waals surface area contributed by atoms with E-state index < -0.39 is 0 Å². The van der Waals surface area contributed by atoms with Gasteiger partial charge in [-0.1, -0.05) is 20.8 Å². The van der Waals surface area contributed by atoms with Crippen LogP contribution in [0, 0.1) is 5.41 Å². The van der Waals surface area contributed by atoms with Gasteiger partial charge in [0.15, 0.2) is 0 Å². The smallest absolute Gasteiger partial charge is 0.0118 e. The summed E-state index contributed by atoms with van der Waals surface area (Å²) in [6.07, 6.45) is 1.18. The van der Waals surface area contributed by atoms with Gasteiger partial charge in [0.05, 0.1) is 0 Å². The summed E-state index contributed by atoms with van der Waals surface area (Å²) in [5, 5.41) is 0. The van der Waals surface area contributed by atoms with Crippen molar-refractivity contribution in [3.05, 3.63) is 0 Å². The van der Waals surface area contributed by atoms with Crippen molar-refractivity contribution in [3.8, 4) is 0 Å². The fourth-order valence-electron chi connectivity index (χ4n) is 0.320. The van der Waals surface area contributed by atoms with Crippen LogP contribution in [0.5, 0.6) is 0 Å². The van der Waals surface area contributed by atoms with Crippen molar-refractivity contribution in [1.29, 1.82) is 0 Å². The molecule has 1 N–H and O–H groups in total. The average Bonchev–Trinajstić information content (AvgIpc) is 1.67. The van der Waals surface area contributed by atoms with Crippen LogP contribution < -0.4 is 4.72 Å². The lowest BCUT2D eigenvalue weighted by Crippen LogP contribution is -2.22. The minimum absolute atomic E-state index is 0.377. The summed E-state index contributed by atoms with van der Waals surface area (Å²) in [6.45, 7) is 7.50. The Balaban J connectivity index is 3.37. The van der Waals surface area contributed by atoms with Crippen molar-refractivity contribution in [3.63, 3.8) is 0 Å². The van der Waals surface area contributed by atoms with Gasteiger partial charge in [-0.05, 0) is 11.8 Å². The van der Waals surface area contributed by atoms with Crippen LogP contribution in [-0.4, -0.2) is 6.54 Å². The number of nitrogens with one attached hydrogen (secondary N) is 1. The summed E-state index contributed by atoms with van der Waals surface area (Å²) in [6, 6.07) is 0. The topological polar surface area (TPSA) is 12.0 Å². The molecular weight excluding hydrogens is 118 g/mol. The lowest BCUT2D eigenvalue weighted by Gasteiger charge is -2.20. The summed E-state index contributed by atoms with van der Waals surface area (Å²) in [5.74, 6) is 0.